The predicted octanol–water partition coefficient (Wildman–Crippen LogP) is 7.13. The zero-order valence-electron chi connectivity index (χ0n) is 20.0. The van der Waals surface area contributed by atoms with Gasteiger partial charge in [0.2, 0.25) is 5.75 Å². The number of ether oxygens (including phenoxy) is 1. The molecular weight excluding hydrogens is 583 g/mol. The number of nitro groups is 1. The highest BCUT2D eigenvalue weighted by atomic mass is 79.9. The highest BCUT2D eigenvalue weighted by Crippen LogP contribution is 2.32. The summed E-state index contributed by atoms with van der Waals surface area (Å²) in [6, 6.07) is 14.6. The van der Waals surface area contributed by atoms with Crippen molar-refractivity contribution in [2.24, 2.45) is 5.10 Å². The molecule has 8 nitrogen and oxygen atoms in total. The van der Waals surface area contributed by atoms with Crippen molar-refractivity contribution < 1.29 is 9.66 Å². The Morgan fingerprint density at radius 1 is 1.16 bits per heavy atom. The van der Waals surface area contributed by atoms with Gasteiger partial charge in [0.25, 0.3) is 5.56 Å². The van der Waals surface area contributed by atoms with Crippen molar-refractivity contribution in [3.8, 4) is 5.75 Å². The largest absolute Gasteiger partial charge is 0.481 e. The van der Waals surface area contributed by atoms with Gasteiger partial charge in [0.15, 0.2) is 0 Å². The Bertz CT molecular complexity index is 1610. The van der Waals surface area contributed by atoms with Crippen LogP contribution < -0.4 is 10.3 Å². The predicted molar refractivity (Wildman–Crippen MR) is 149 cm³/mol. The molecule has 0 spiro atoms. The normalized spacial score (nSPS) is 11.8. The average Bonchev–Trinajstić information content (AvgIpc) is 2.82. The van der Waals surface area contributed by atoms with Gasteiger partial charge in [0.1, 0.15) is 12.4 Å². The van der Waals surface area contributed by atoms with E-state index in [0.29, 0.717) is 37.9 Å². The lowest BCUT2D eigenvalue weighted by Crippen LogP contribution is -2.29. The molecule has 0 fully saturated rings. The second-order valence-electron chi connectivity index (χ2n) is 9.19. The minimum absolute atomic E-state index is 0.0101. The number of halogens is 3. The second kappa shape index (κ2) is 10.6. The Kier molecular flexibility index (Phi) is 7.68. The Morgan fingerprint density at radius 2 is 1.92 bits per heavy atom. The van der Waals surface area contributed by atoms with Gasteiger partial charge in [-0.25, -0.2) is 4.98 Å². The van der Waals surface area contributed by atoms with E-state index in [2.05, 4.69) is 26.0 Å². The summed E-state index contributed by atoms with van der Waals surface area (Å²) < 4.78 is 7.81. The lowest BCUT2D eigenvalue weighted by Gasteiger charge is -2.21. The lowest BCUT2D eigenvalue weighted by molar-refractivity contribution is -0.385. The number of hydrogen-bond acceptors (Lipinski definition) is 6. The third-order valence-electron chi connectivity index (χ3n) is 5.40. The molecule has 0 bridgehead atoms. The monoisotopic (exact) mass is 602 g/mol. The number of rotatable bonds is 6. The lowest BCUT2D eigenvalue weighted by atomic mass is 9.95. The number of fused-ring (bicyclic) bond motifs is 1. The Balaban J connectivity index is 1.82. The minimum Gasteiger partial charge on any atom is -0.481 e. The molecule has 190 valence electrons. The van der Waals surface area contributed by atoms with Gasteiger partial charge in [-0.15, -0.1) is 0 Å². The fourth-order valence-corrected chi connectivity index (χ4v) is 4.42. The molecule has 0 amide bonds. The molecule has 1 aromatic heterocycles. The molecule has 11 heteroatoms. The molecule has 0 saturated heterocycles. The molecule has 0 saturated carbocycles. The number of hydrogen-bond donors (Lipinski definition) is 0. The Hall–Kier alpha value is -3.27. The first-order valence-corrected chi connectivity index (χ1v) is 12.6. The zero-order valence-corrected chi connectivity index (χ0v) is 23.1. The SMILES string of the molecule is CC(C)(C)c1nc2ccc(Br)cc2c(=O)n1N=Cc1cccc([N+](=O)[O-])c1OCc1ccc(Cl)cc1Cl. The van der Waals surface area contributed by atoms with Crippen LogP contribution in [0.4, 0.5) is 5.69 Å². The van der Waals surface area contributed by atoms with Crippen LogP contribution in [0.15, 0.2) is 69.0 Å². The maximum atomic E-state index is 13.4. The third kappa shape index (κ3) is 5.84. The van der Waals surface area contributed by atoms with Gasteiger partial charge in [-0.3, -0.25) is 14.9 Å². The number of aromatic nitrogens is 2. The Labute approximate surface area is 230 Å². The molecule has 0 atom stereocenters. The molecule has 0 N–H and O–H groups in total. The van der Waals surface area contributed by atoms with Crippen LogP contribution in [0, 0.1) is 10.1 Å². The van der Waals surface area contributed by atoms with E-state index in [1.807, 2.05) is 26.8 Å². The number of nitrogens with zero attached hydrogens (tertiary/aromatic N) is 4. The second-order valence-corrected chi connectivity index (χ2v) is 10.9. The highest BCUT2D eigenvalue weighted by Gasteiger charge is 2.24. The van der Waals surface area contributed by atoms with Crippen molar-refractivity contribution >= 4 is 61.9 Å². The summed E-state index contributed by atoms with van der Waals surface area (Å²) >= 11 is 15.6. The fraction of sp³-hybridized carbons (Fsp3) is 0.192. The van der Waals surface area contributed by atoms with E-state index in [1.165, 1.54) is 23.0 Å². The van der Waals surface area contributed by atoms with Gasteiger partial charge >= 0.3 is 5.69 Å². The van der Waals surface area contributed by atoms with E-state index in [-0.39, 0.29) is 23.6 Å². The molecule has 0 unspecified atom stereocenters. The van der Waals surface area contributed by atoms with Crippen LogP contribution in [0.3, 0.4) is 0 Å². The quantitative estimate of drug-likeness (QED) is 0.133. The van der Waals surface area contributed by atoms with E-state index in [1.54, 1.807) is 36.4 Å². The molecule has 0 radical (unpaired) electrons. The average molecular weight is 604 g/mol. The molecule has 4 aromatic rings. The van der Waals surface area contributed by atoms with E-state index in [9.17, 15) is 14.9 Å². The van der Waals surface area contributed by atoms with Crippen molar-refractivity contribution in [3.63, 3.8) is 0 Å². The molecule has 3 aromatic carbocycles. The molecule has 37 heavy (non-hydrogen) atoms. The van der Waals surface area contributed by atoms with Crippen LogP contribution in [-0.4, -0.2) is 20.8 Å². The maximum absolute atomic E-state index is 13.4. The molecule has 0 aliphatic heterocycles. The first-order valence-electron chi connectivity index (χ1n) is 11.1. The van der Waals surface area contributed by atoms with E-state index in [0.717, 1.165) is 4.47 Å². The van der Waals surface area contributed by atoms with Crippen LogP contribution in [0.25, 0.3) is 10.9 Å². The first-order chi connectivity index (χ1) is 17.5. The summed E-state index contributed by atoms with van der Waals surface area (Å²) in [5.41, 5.74) is 0.309. The van der Waals surface area contributed by atoms with Crippen molar-refractivity contribution in [3.05, 3.63) is 107 Å². The third-order valence-corrected chi connectivity index (χ3v) is 6.48. The van der Waals surface area contributed by atoms with Crippen LogP contribution in [0.2, 0.25) is 10.0 Å². The smallest absolute Gasteiger partial charge is 0.311 e. The summed E-state index contributed by atoms with van der Waals surface area (Å²) in [7, 11) is 0. The van der Waals surface area contributed by atoms with Crippen molar-refractivity contribution in [2.45, 2.75) is 32.8 Å². The molecule has 4 rings (SSSR count). The van der Waals surface area contributed by atoms with Gasteiger partial charge in [-0.05, 0) is 36.4 Å². The van der Waals surface area contributed by atoms with Gasteiger partial charge in [-0.2, -0.15) is 9.78 Å². The topological polar surface area (TPSA) is 99.6 Å². The molecule has 1 heterocycles. The Morgan fingerprint density at radius 3 is 2.59 bits per heavy atom. The van der Waals surface area contributed by atoms with Crippen LogP contribution in [-0.2, 0) is 12.0 Å². The van der Waals surface area contributed by atoms with Gasteiger partial charge < -0.3 is 4.74 Å². The van der Waals surface area contributed by atoms with Gasteiger partial charge in [0.05, 0.1) is 22.0 Å². The number of nitro benzene ring substituents is 1. The molecule has 0 aliphatic carbocycles. The van der Waals surface area contributed by atoms with Crippen LogP contribution in [0.1, 0.15) is 37.7 Å². The minimum atomic E-state index is -0.544. The van der Waals surface area contributed by atoms with Crippen LogP contribution >= 0.6 is 39.1 Å². The summed E-state index contributed by atoms with van der Waals surface area (Å²) in [5.74, 6) is 0.425. The van der Waals surface area contributed by atoms with E-state index < -0.39 is 10.3 Å². The summed E-state index contributed by atoms with van der Waals surface area (Å²) in [6.45, 7) is 5.72. The first kappa shape index (κ1) is 26.8. The zero-order chi connectivity index (χ0) is 26.9. The summed E-state index contributed by atoms with van der Waals surface area (Å²) in [5, 5.41) is 17.4. The molecular formula is C26H21BrCl2N4O4. The van der Waals surface area contributed by atoms with Crippen molar-refractivity contribution in [1.82, 2.24) is 9.66 Å². The number of para-hydroxylation sites is 1. The van der Waals surface area contributed by atoms with Gasteiger partial charge in [-0.1, -0.05) is 72.0 Å². The fourth-order valence-electron chi connectivity index (χ4n) is 3.59. The maximum Gasteiger partial charge on any atom is 0.311 e. The van der Waals surface area contributed by atoms with E-state index >= 15 is 0 Å². The summed E-state index contributed by atoms with van der Waals surface area (Å²) in [6.07, 6.45) is 1.36. The van der Waals surface area contributed by atoms with Crippen LogP contribution in [0.5, 0.6) is 5.75 Å². The summed E-state index contributed by atoms with van der Waals surface area (Å²) in [4.78, 5) is 29.3. The number of benzene rings is 3. The van der Waals surface area contributed by atoms with Crippen molar-refractivity contribution in [2.75, 3.05) is 0 Å². The van der Waals surface area contributed by atoms with E-state index in [4.69, 9.17) is 27.9 Å². The standard InChI is InChI=1S/C26H21BrCl2N4O4/c1-26(2,3)25-31-21-10-8-17(27)11-19(21)24(34)32(25)30-13-15-5-4-6-22(33(35)36)23(15)37-14-16-7-9-18(28)12-20(16)29/h4-13H,14H2,1-3H3. The molecule has 0 aliphatic rings. The van der Waals surface area contributed by atoms with Crippen molar-refractivity contribution in [1.29, 1.82) is 0 Å². The highest BCUT2D eigenvalue weighted by molar-refractivity contribution is 9.10. The van der Waals surface area contributed by atoms with Gasteiger partial charge in [0, 0.05) is 37.1 Å².